The third kappa shape index (κ3) is 8.62. The van der Waals surface area contributed by atoms with Gasteiger partial charge in [-0.05, 0) is 37.5 Å². The van der Waals surface area contributed by atoms with E-state index in [0.29, 0.717) is 45.0 Å². The summed E-state index contributed by atoms with van der Waals surface area (Å²) in [4.78, 5) is 18.2. The van der Waals surface area contributed by atoms with E-state index in [2.05, 4.69) is 15.2 Å². The molecule has 31 heavy (non-hydrogen) atoms. The Hall–Kier alpha value is -1.92. The average Bonchev–Trinajstić information content (AvgIpc) is 2.73. The van der Waals surface area contributed by atoms with E-state index in [1.807, 2.05) is 0 Å². The maximum atomic E-state index is 12.4. The molecule has 1 aliphatic rings. The minimum atomic E-state index is -4.42. The van der Waals surface area contributed by atoms with Crippen LogP contribution in [0.25, 0.3) is 0 Å². The van der Waals surface area contributed by atoms with Crippen LogP contribution < -0.4 is 14.8 Å². The number of rotatable bonds is 7. The van der Waals surface area contributed by atoms with Crippen LogP contribution in [-0.4, -0.2) is 63.5 Å². The third-order valence-electron chi connectivity index (χ3n) is 4.70. The van der Waals surface area contributed by atoms with Crippen LogP contribution in [0.2, 0.25) is 0 Å². The Morgan fingerprint density at radius 3 is 2.48 bits per heavy atom. The van der Waals surface area contributed by atoms with Crippen LogP contribution >= 0.6 is 24.0 Å². The summed E-state index contributed by atoms with van der Waals surface area (Å²) in [5, 5.41) is 3.24. The van der Waals surface area contributed by atoms with Gasteiger partial charge in [-0.3, -0.25) is 9.79 Å². The van der Waals surface area contributed by atoms with Gasteiger partial charge in [0.15, 0.2) is 24.1 Å². The van der Waals surface area contributed by atoms with Crippen LogP contribution in [0.1, 0.15) is 25.3 Å². The number of likely N-dealkylation sites (tertiary alicyclic amines) is 1. The second kappa shape index (κ2) is 12.8. The number of esters is 1. The van der Waals surface area contributed by atoms with E-state index in [9.17, 15) is 18.0 Å². The van der Waals surface area contributed by atoms with Crippen molar-refractivity contribution in [1.29, 1.82) is 0 Å². The highest BCUT2D eigenvalue weighted by molar-refractivity contribution is 14.0. The lowest BCUT2D eigenvalue weighted by Crippen LogP contribution is -2.46. The lowest BCUT2D eigenvalue weighted by atomic mass is 9.97. The molecule has 1 N–H and O–H groups in total. The SMILES string of the molecule is CCOC(=O)C1CCN(C(=NC)NCc2ccc(OCC(F)(F)F)c(OC)c2)CC1.I. The van der Waals surface area contributed by atoms with Gasteiger partial charge in [-0.15, -0.1) is 24.0 Å². The van der Waals surface area contributed by atoms with Gasteiger partial charge >= 0.3 is 12.1 Å². The number of nitrogens with one attached hydrogen (secondary N) is 1. The molecule has 0 amide bonds. The number of piperidine rings is 1. The Balaban J connectivity index is 0.00000480. The first-order valence-corrected chi connectivity index (χ1v) is 9.76. The van der Waals surface area contributed by atoms with Crippen LogP contribution in [0, 0.1) is 5.92 Å². The van der Waals surface area contributed by atoms with E-state index in [1.54, 1.807) is 26.1 Å². The van der Waals surface area contributed by atoms with Gasteiger partial charge in [0.25, 0.3) is 0 Å². The smallest absolute Gasteiger partial charge is 0.422 e. The molecule has 1 aromatic carbocycles. The number of benzene rings is 1. The molecular formula is C20H29F3IN3O4. The summed E-state index contributed by atoms with van der Waals surface area (Å²) in [5.74, 6) is 0.703. The fraction of sp³-hybridized carbons (Fsp3) is 0.600. The van der Waals surface area contributed by atoms with Crippen molar-refractivity contribution in [3.63, 3.8) is 0 Å². The summed E-state index contributed by atoms with van der Waals surface area (Å²) in [5.41, 5.74) is 0.800. The van der Waals surface area contributed by atoms with Crippen LogP contribution in [-0.2, 0) is 16.1 Å². The number of halogens is 4. The molecule has 11 heteroatoms. The monoisotopic (exact) mass is 559 g/mol. The first-order chi connectivity index (χ1) is 14.3. The highest BCUT2D eigenvalue weighted by Gasteiger charge is 2.29. The maximum Gasteiger partial charge on any atom is 0.422 e. The van der Waals surface area contributed by atoms with Gasteiger partial charge in [0.05, 0.1) is 19.6 Å². The molecule has 0 radical (unpaired) electrons. The van der Waals surface area contributed by atoms with E-state index in [1.165, 1.54) is 13.2 Å². The second-order valence-corrected chi connectivity index (χ2v) is 6.80. The van der Waals surface area contributed by atoms with Gasteiger partial charge in [-0.2, -0.15) is 13.2 Å². The number of hydrogen-bond donors (Lipinski definition) is 1. The first-order valence-electron chi connectivity index (χ1n) is 9.76. The number of methoxy groups -OCH3 is 1. The number of nitrogens with zero attached hydrogens (tertiary/aromatic N) is 2. The highest BCUT2D eigenvalue weighted by Crippen LogP contribution is 2.30. The van der Waals surface area contributed by atoms with Gasteiger partial charge < -0.3 is 24.4 Å². The standard InChI is InChI=1S/C20H28F3N3O4.HI/c1-4-29-18(27)15-7-9-26(10-8-15)19(24-2)25-12-14-5-6-16(17(11-14)28-3)30-13-20(21,22)23;/h5-6,11,15H,4,7-10,12-13H2,1-3H3,(H,24,25);1H. The Kier molecular flexibility index (Phi) is 11.2. The van der Waals surface area contributed by atoms with Crippen LogP contribution in [0.15, 0.2) is 23.2 Å². The fourth-order valence-corrected chi connectivity index (χ4v) is 3.20. The van der Waals surface area contributed by atoms with Gasteiger partial charge in [-0.25, -0.2) is 0 Å². The minimum absolute atomic E-state index is 0. The van der Waals surface area contributed by atoms with Crippen LogP contribution in [0.4, 0.5) is 13.2 Å². The normalized spacial score (nSPS) is 15.2. The van der Waals surface area contributed by atoms with Crippen LogP contribution in [0.5, 0.6) is 11.5 Å². The summed E-state index contributed by atoms with van der Waals surface area (Å²) in [6.45, 7) is 2.55. The molecule has 0 aromatic heterocycles. The Morgan fingerprint density at radius 2 is 1.94 bits per heavy atom. The molecule has 1 saturated heterocycles. The summed E-state index contributed by atoms with van der Waals surface area (Å²) in [6, 6.07) is 4.75. The van der Waals surface area contributed by atoms with E-state index in [4.69, 9.17) is 14.2 Å². The zero-order valence-electron chi connectivity index (χ0n) is 17.8. The second-order valence-electron chi connectivity index (χ2n) is 6.80. The van der Waals surface area contributed by atoms with Gasteiger partial charge in [0.1, 0.15) is 0 Å². The summed E-state index contributed by atoms with van der Waals surface area (Å²) >= 11 is 0. The molecule has 176 valence electrons. The van der Waals surface area contributed by atoms with Crippen molar-refractivity contribution in [3.05, 3.63) is 23.8 Å². The Morgan fingerprint density at radius 1 is 1.26 bits per heavy atom. The molecule has 2 rings (SSSR count). The van der Waals surface area contributed by atoms with E-state index in [0.717, 1.165) is 5.56 Å². The molecular weight excluding hydrogens is 530 g/mol. The molecule has 1 aromatic rings. The topological polar surface area (TPSA) is 72.4 Å². The quantitative estimate of drug-likeness (QED) is 0.238. The van der Waals surface area contributed by atoms with E-state index in [-0.39, 0.29) is 47.4 Å². The number of hydrogen-bond acceptors (Lipinski definition) is 5. The zero-order valence-corrected chi connectivity index (χ0v) is 20.2. The third-order valence-corrected chi connectivity index (χ3v) is 4.70. The molecule has 1 fully saturated rings. The number of guanidine groups is 1. The fourth-order valence-electron chi connectivity index (χ4n) is 3.20. The van der Waals surface area contributed by atoms with Crippen LogP contribution in [0.3, 0.4) is 0 Å². The van der Waals surface area contributed by atoms with Crippen molar-refractivity contribution in [2.24, 2.45) is 10.9 Å². The van der Waals surface area contributed by atoms with Gasteiger partial charge in [0, 0.05) is 26.7 Å². The van der Waals surface area contributed by atoms with Crippen molar-refractivity contribution < 1.29 is 32.2 Å². The number of aliphatic imine (C=N–C) groups is 1. The zero-order chi connectivity index (χ0) is 22.1. The molecule has 0 aliphatic carbocycles. The minimum Gasteiger partial charge on any atom is -0.493 e. The Bertz CT molecular complexity index is 739. The number of carbonyl (C=O) groups is 1. The first kappa shape index (κ1) is 27.1. The molecule has 0 unspecified atom stereocenters. The summed E-state index contributed by atoms with van der Waals surface area (Å²) in [7, 11) is 3.05. The lowest BCUT2D eigenvalue weighted by molar-refractivity contribution is -0.153. The predicted octanol–water partition coefficient (Wildman–Crippen LogP) is 3.60. The lowest BCUT2D eigenvalue weighted by Gasteiger charge is -2.33. The molecule has 1 aliphatic heterocycles. The summed E-state index contributed by atoms with van der Waals surface area (Å²) < 4.78 is 52.1. The highest BCUT2D eigenvalue weighted by atomic mass is 127. The maximum absolute atomic E-state index is 12.4. The van der Waals surface area contributed by atoms with E-state index < -0.39 is 12.8 Å². The molecule has 0 spiro atoms. The largest absolute Gasteiger partial charge is 0.493 e. The predicted molar refractivity (Wildman–Crippen MR) is 121 cm³/mol. The molecule has 7 nitrogen and oxygen atoms in total. The average molecular weight is 559 g/mol. The van der Waals surface area contributed by atoms with E-state index >= 15 is 0 Å². The molecule has 0 atom stereocenters. The molecule has 0 bridgehead atoms. The number of ether oxygens (including phenoxy) is 3. The number of carbonyl (C=O) groups excluding carboxylic acids is 1. The van der Waals surface area contributed by atoms with Crippen molar-refractivity contribution in [1.82, 2.24) is 10.2 Å². The molecule has 0 saturated carbocycles. The van der Waals surface area contributed by atoms with Crippen molar-refractivity contribution in [2.45, 2.75) is 32.5 Å². The van der Waals surface area contributed by atoms with Crippen molar-refractivity contribution in [3.8, 4) is 11.5 Å². The van der Waals surface area contributed by atoms with Crippen molar-refractivity contribution >= 4 is 35.9 Å². The van der Waals surface area contributed by atoms with Gasteiger partial charge in [-0.1, -0.05) is 6.07 Å². The van der Waals surface area contributed by atoms with Gasteiger partial charge in [0.2, 0.25) is 0 Å². The Labute approximate surface area is 197 Å². The number of alkyl halides is 3. The molecule has 1 heterocycles. The summed E-state index contributed by atoms with van der Waals surface area (Å²) in [6.07, 6.45) is -3.03. The van der Waals surface area contributed by atoms with Crippen molar-refractivity contribution in [2.75, 3.05) is 40.5 Å².